The molecule has 1 aromatic rings. The minimum atomic E-state index is -4.28. The van der Waals surface area contributed by atoms with Crippen LogP contribution in [0.4, 0.5) is 23.2 Å². The van der Waals surface area contributed by atoms with Gasteiger partial charge in [-0.05, 0) is 49.5 Å². The molecular formula is C17H22ClF4N3O. The first-order valence-corrected chi connectivity index (χ1v) is 8.44. The predicted molar refractivity (Wildman–Crippen MR) is 92.9 cm³/mol. The van der Waals surface area contributed by atoms with Crippen molar-refractivity contribution in [3.8, 4) is 0 Å². The van der Waals surface area contributed by atoms with Crippen LogP contribution in [-0.4, -0.2) is 43.2 Å². The van der Waals surface area contributed by atoms with Crippen molar-refractivity contribution in [3.05, 3.63) is 29.1 Å². The number of nitrogens with one attached hydrogen (secondary N) is 2. The van der Waals surface area contributed by atoms with Crippen LogP contribution in [0.15, 0.2) is 12.1 Å². The number of likely N-dealkylation sites (tertiary alicyclic amines) is 1. The second kappa shape index (κ2) is 8.54. The molecule has 1 aromatic carbocycles. The maximum atomic E-state index is 14.6. The van der Waals surface area contributed by atoms with Gasteiger partial charge in [0.15, 0.2) is 0 Å². The molecule has 26 heavy (non-hydrogen) atoms. The van der Waals surface area contributed by atoms with Crippen LogP contribution >= 0.6 is 12.4 Å². The Hall–Kier alpha value is -1.38. The van der Waals surface area contributed by atoms with E-state index in [1.165, 1.54) is 11.0 Å². The minimum Gasteiger partial charge on any atom is -0.323 e. The summed E-state index contributed by atoms with van der Waals surface area (Å²) >= 11 is 0. The van der Waals surface area contributed by atoms with Gasteiger partial charge >= 0.3 is 6.18 Å². The monoisotopic (exact) mass is 395 g/mol. The van der Waals surface area contributed by atoms with Crippen molar-refractivity contribution in [2.75, 3.05) is 31.5 Å². The molecule has 0 saturated carbocycles. The Balaban J connectivity index is 0.00000243. The van der Waals surface area contributed by atoms with Gasteiger partial charge in [-0.1, -0.05) is 6.07 Å². The van der Waals surface area contributed by atoms with E-state index in [1.54, 1.807) is 6.07 Å². The largest absolute Gasteiger partial charge is 0.401 e. The molecule has 0 aromatic heterocycles. The van der Waals surface area contributed by atoms with Crippen LogP contribution in [0.25, 0.3) is 0 Å². The predicted octanol–water partition coefficient (Wildman–Crippen LogP) is 3.11. The number of fused-ring (bicyclic) bond motifs is 1. The van der Waals surface area contributed by atoms with Gasteiger partial charge in [0.05, 0.1) is 18.2 Å². The molecule has 1 saturated heterocycles. The molecule has 0 bridgehead atoms. The van der Waals surface area contributed by atoms with Crippen molar-refractivity contribution in [2.24, 2.45) is 5.92 Å². The van der Waals surface area contributed by atoms with E-state index in [-0.39, 0.29) is 24.6 Å². The number of carbonyl (C=O) groups excluding carboxylic acids is 1. The number of nitrogens with zero attached hydrogens (tertiary/aromatic N) is 1. The lowest BCUT2D eigenvalue weighted by atomic mass is 9.96. The van der Waals surface area contributed by atoms with E-state index in [4.69, 9.17) is 0 Å². The Kier molecular flexibility index (Phi) is 6.87. The number of hydrogen-bond donors (Lipinski definition) is 2. The second-order valence-electron chi connectivity index (χ2n) is 6.67. The molecule has 0 radical (unpaired) electrons. The van der Waals surface area contributed by atoms with Crippen molar-refractivity contribution in [3.63, 3.8) is 0 Å². The van der Waals surface area contributed by atoms with Gasteiger partial charge in [0, 0.05) is 13.1 Å². The second-order valence-corrected chi connectivity index (χ2v) is 6.67. The zero-order valence-corrected chi connectivity index (χ0v) is 15.0. The maximum Gasteiger partial charge on any atom is 0.401 e. The molecule has 2 heterocycles. The van der Waals surface area contributed by atoms with Crippen LogP contribution in [0, 0.1) is 11.7 Å². The van der Waals surface area contributed by atoms with Crippen LogP contribution in [-0.2, 0) is 17.8 Å². The number of alkyl halides is 3. The number of carbonyl (C=O) groups is 1. The minimum absolute atomic E-state index is 0. The highest BCUT2D eigenvalue weighted by molar-refractivity contribution is 5.93. The molecule has 4 nitrogen and oxygen atoms in total. The number of amides is 1. The van der Waals surface area contributed by atoms with E-state index in [0.717, 1.165) is 5.56 Å². The number of anilines is 1. The molecule has 1 atom stereocenters. The average Bonchev–Trinajstić information content (AvgIpc) is 2.56. The van der Waals surface area contributed by atoms with Gasteiger partial charge < -0.3 is 10.6 Å². The first kappa shape index (κ1) is 20.9. The third kappa shape index (κ3) is 5.08. The fourth-order valence-corrected chi connectivity index (χ4v) is 3.53. The third-order valence-corrected chi connectivity index (χ3v) is 4.74. The molecule has 0 aliphatic carbocycles. The van der Waals surface area contributed by atoms with Crippen LogP contribution in [0.3, 0.4) is 0 Å². The molecule has 2 aliphatic rings. The van der Waals surface area contributed by atoms with E-state index >= 15 is 0 Å². The molecule has 9 heteroatoms. The zero-order valence-electron chi connectivity index (χ0n) is 14.2. The van der Waals surface area contributed by atoms with Gasteiger partial charge in [0.25, 0.3) is 0 Å². The zero-order chi connectivity index (χ0) is 18.0. The SMILES string of the molecule is Cl.O=C(Nc1ccc2c(c1F)CCNC2)C1CCCN(CC(F)(F)F)C1. The number of hydrogen-bond acceptors (Lipinski definition) is 3. The van der Waals surface area contributed by atoms with Gasteiger partial charge in [0.1, 0.15) is 5.82 Å². The highest BCUT2D eigenvalue weighted by Crippen LogP contribution is 2.27. The van der Waals surface area contributed by atoms with E-state index in [2.05, 4.69) is 10.6 Å². The summed E-state index contributed by atoms with van der Waals surface area (Å²) in [5.74, 6) is -1.41. The topological polar surface area (TPSA) is 44.4 Å². The van der Waals surface area contributed by atoms with E-state index in [1.807, 2.05) is 0 Å². The molecular weight excluding hydrogens is 374 g/mol. The van der Waals surface area contributed by atoms with Crippen molar-refractivity contribution in [2.45, 2.75) is 32.0 Å². The highest BCUT2D eigenvalue weighted by atomic mass is 35.5. The normalized spacial score (nSPS) is 20.8. The summed E-state index contributed by atoms with van der Waals surface area (Å²) in [4.78, 5) is 13.6. The molecule has 1 unspecified atom stereocenters. The van der Waals surface area contributed by atoms with Gasteiger partial charge in [-0.25, -0.2) is 4.39 Å². The lowest BCUT2D eigenvalue weighted by Gasteiger charge is -2.32. The van der Waals surface area contributed by atoms with Crippen molar-refractivity contribution < 1.29 is 22.4 Å². The molecule has 146 valence electrons. The summed E-state index contributed by atoms with van der Waals surface area (Å²) in [6, 6.07) is 3.30. The summed E-state index contributed by atoms with van der Waals surface area (Å²) in [5, 5.41) is 5.72. The Morgan fingerprint density at radius 3 is 2.85 bits per heavy atom. The number of benzene rings is 1. The quantitative estimate of drug-likeness (QED) is 0.773. The van der Waals surface area contributed by atoms with Crippen molar-refractivity contribution >= 4 is 24.0 Å². The number of rotatable bonds is 3. The van der Waals surface area contributed by atoms with Crippen LogP contribution in [0.2, 0.25) is 0 Å². The van der Waals surface area contributed by atoms with Gasteiger partial charge in [-0.2, -0.15) is 13.2 Å². The lowest BCUT2D eigenvalue weighted by molar-refractivity contribution is -0.151. The fourth-order valence-electron chi connectivity index (χ4n) is 3.53. The molecule has 2 N–H and O–H groups in total. The molecule has 2 aliphatic heterocycles. The molecule has 0 spiro atoms. The standard InChI is InChI=1S/C17H21F4N3O.ClH/c18-15-13-5-6-22-8-11(13)3-4-14(15)23-16(25)12-2-1-7-24(9-12)10-17(19,20)21;/h3-4,12,22H,1-2,5-10H2,(H,23,25);1H. The Bertz CT molecular complexity index is 654. The number of halogens is 5. The maximum absolute atomic E-state index is 14.6. The smallest absolute Gasteiger partial charge is 0.323 e. The van der Waals surface area contributed by atoms with Crippen molar-refractivity contribution in [1.29, 1.82) is 0 Å². The first-order valence-electron chi connectivity index (χ1n) is 8.44. The summed E-state index contributed by atoms with van der Waals surface area (Å²) in [5.41, 5.74) is 1.58. The van der Waals surface area contributed by atoms with E-state index in [0.29, 0.717) is 44.5 Å². The molecule has 1 fully saturated rings. The highest BCUT2D eigenvalue weighted by Gasteiger charge is 2.34. The van der Waals surface area contributed by atoms with Gasteiger partial charge in [-0.3, -0.25) is 9.69 Å². The third-order valence-electron chi connectivity index (χ3n) is 4.74. The van der Waals surface area contributed by atoms with Crippen LogP contribution in [0.5, 0.6) is 0 Å². The number of piperidine rings is 1. The Morgan fingerprint density at radius 2 is 2.12 bits per heavy atom. The lowest BCUT2D eigenvalue weighted by Crippen LogP contribution is -2.44. The van der Waals surface area contributed by atoms with Gasteiger partial charge in [0.2, 0.25) is 5.91 Å². The average molecular weight is 396 g/mol. The fraction of sp³-hybridized carbons (Fsp3) is 0.588. The summed E-state index contributed by atoms with van der Waals surface area (Å²) in [7, 11) is 0. The summed E-state index contributed by atoms with van der Waals surface area (Å²) in [6.45, 7) is 0.619. The Morgan fingerprint density at radius 1 is 1.35 bits per heavy atom. The summed E-state index contributed by atoms with van der Waals surface area (Å²) in [6.07, 6.45) is -2.70. The molecule has 3 rings (SSSR count). The van der Waals surface area contributed by atoms with E-state index < -0.39 is 30.4 Å². The van der Waals surface area contributed by atoms with Gasteiger partial charge in [-0.15, -0.1) is 12.4 Å². The Labute approximate surface area is 155 Å². The van der Waals surface area contributed by atoms with Crippen molar-refractivity contribution in [1.82, 2.24) is 10.2 Å². The summed E-state index contributed by atoms with van der Waals surface area (Å²) < 4.78 is 52.2. The van der Waals surface area contributed by atoms with Crippen LogP contribution < -0.4 is 10.6 Å². The van der Waals surface area contributed by atoms with E-state index in [9.17, 15) is 22.4 Å². The first-order chi connectivity index (χ1) is 11.8. The van der Waals surface area contributed by atoms with Crippen LogP contribution in [0.1, 0.15) is 24.0 Å². The molecule has 1 amide bonds.